The topological polar surface area (TPSA) is 58.2 Å². The quantitative estimate of drug-likeness (QED) is 0.857. The third-order valence-electron chi connectivity index (χ3n) is 4.78. The SMILES string of the molecule is COc1c(C)cc(C(=O)[C@@H]2CCCN(Cc3ccn[nH]3)C2)cc1C. The lowest BCUT2D eigenvalue weighted by atomic mass is 9.88. The van der Waals surface area contributed by atoms with Gasteiger partial charge < -0.3 is 4.74 Å². The first-order chi connectivity index (χ1) is 11.6. The second kappa shape index (κ2) is 7.18. The number of hydrogen-bond acceptors (Lipinski definition) is 4. The molecule has 0 unspecified atom stereocenters. The molecule has 5 heteroatoms. The van der Waals surface area contributed by atoms with Crippen molar-refractivity contribution in [3.8, 4) is 5.75 Å². The number of rotatable bonds is 5. The maximum Gasteiger partial charge on any atom is 0.167 e. The van der Waals surface area contributed by atoms with Crippen LogP contribution in [0.5, 0.6) is 5.75 Å². The van der Waals surface area contributed by atoms with Crippen LogP contribution in [0.2, 0.25) is 0 Å². The van der Waals surface area contributed by atoms with Crippen LogP contribution in [0.25, 0.3) is 0 Å². The van der Waals surface area contributed by atoms with Crippen LogP contribution in [0.15, 0.2) is 24.4 Å². The predicted molar refractivity (Wildman–Crippen MR) is 93.4 cm³/mol. The molecule has 24 heavy (non-hydrogen) atoms. The van der Waals surface area contributed by atoms with Crippen molar-refractivity contribution in [3.63, 3.8) is 0 Å². The van der Waals surface area contributed by atoms with Crippen LogP contribution in [0, 0.1) is 19.8 Å². The third-order valence-corrected chi connectivity index (χ3v) is 4.78. The number of aromatic amines is 1. The smallest absolute Gasteiger partial charge is 0.167 e. The van der Waals surface area contributed by atoms with Gasteiger partial charge in [-0.1, -0.05) is 0 Å². The molecule has 1 N–H and O–H groups in total. The minimum absolute atomic E-state index is 0.0638. The predicted octanol–water partition coefficient (Wildman–Crippen LogP) is 3.13. The van der Waals surface area contributed by atoms with E-state index in [1.165, 1.54) is 0 Å². The van der Waals surface area contributed by atoms with Crippen LogP contribution in [0.3, 0.4) is 0 Å². The van der Waals surface area contributed by atoms with E-state index in [4.69, 9.17) is 4.74 Å². The zero-order valence-electron chi connectivity index (χ0n) is 14.6. The fourth-order valence-corrected chi connectivity index (χ4v) is 3.68. The molecule has 3 rings (SSSR count). The van der Waals surface area contributed by atoms with Crippen LogP contribution < -0.4 is 4.74 Å². The van der Waals surface area contributed by atoms with Crippen LogP contribution in [0.1, 0.15) is 40.0 Å². The molecule has 128 valence electrons. The second-order valence-corrected chi connectivity index (χ2v) is 6.66. The number of Topliss-reactive ketones (excluding diaryl/α,β-unsaturated/α-hetero) is 1. The molecule has 1 fully saturated rings. The minimum Gasteiger partial charge on any atom is -0.496 e. The Morgan fingerprint density at radius 3 is 2.75 bits per heavy atom. The Morgan fingerprint density at radius 2 is 2.12 bits per heavy atom. The molecule has 0 spiro atoms. The number of ketones is 1. The number of nitrogens with one attached hydrogen (secondary N) is 1. The van der Waals surface area contributed by atoms with E-state index in [1.54, 1.807) is 13.3 Å². The Balaban J connectivity index is 1.72. The molecule has 0 radical (unpaired) electrons. The van der Waals surface area contributed by atoms with Gasteiger partial charge in [0.05, 0.1) is 7.11 Å². The first-order valence-corrected chi connectivity index (χ1v) is 8.48. The molecule has 5 nitrogen and oxygen atoms in total. The summed E-state index contributed by atoms with van der Waals surface area (Å²) in [5.41, 5.74) is 3.94. The molecule has 0 aliphatic carbocycles. The number of likely N-dealkylation sites (tertiary alicyclic amines) is 1. The number of piperidine rings is 1. The fraction of sp³-hybridized carbons (Fsp3) is 0.474. The minimum atomic E-state index is 0.0638. The number of nitrogens with zero attached hydrogens (tertiary/aromatic N) is 2. The van der Waals surface area contributed by atoms with E-state index in [0.29, 0.717) is 0 Å². The molecule has 1 aliphatic heterocycles. The van der Waals surface area contributed by atoms with Crippen molar-refractivity contribution in [2.75, 3.05) is 20.2 Å². The van der Waals surface area contributed by atoms with Crippen molar-refractivity contribution >= 4 is 5.78 Å². The average Bonchev–Trinajstić information content (AvgIpc) is 3.07. The number of aromatic nitrogens is 2. The van der Waals surface area contributed by atoms with Gasteiger partial charge in [-0.25, -0.2) is 0 Å². The average molecular weight is 327 g/mol. The van der Waals surface area contributed by atoms with E-state index >= 15 is 0 Å². The van der Waals surface area contributed by atoms with Gasteiger partial charge in [0.15, 0.2) is 5.78 Å². The van der Waals surface area contributed by atoms with Crippen molar-refractivity contribution in [3.05, 3.63) is 46.8 Å². The summed E-state index contributed by atoms with van der Waals surface area (Å²) in [6.45, 7) is 6.65. The van der Waals surface area contributed by atoms with Gasteiger partial charge in [-0.15, -0.1) is 0 Å². The monoisotopic (exact) mass is 327 g/mol. The lowest BCUT2D eigenvalue weighted by Gasteiger charge is -2.31. The van der Waals surface area contributed by atoms with E-state index < -0.39 is 0 Å². The molecular formula is C19H25N3O2. The van der Waals surface area contributed by atoms with Crippen molar-refractivity contribution in [1.29, 1.82) is 0 Å². The number of hydrogen-bond donors (Lipinski definition) is 1. The molecule has 0 amide bonds. The summed E-state index contributed by atoms with van der Waals surface area (Å²) in [5.74, 6) is 1.18. The maximum absolute atomic E-state index is 13.0. The van der Waals surface area contributed by atoms with Crippen LogP contribution in [0.4, 0.5) is 0 Å². The first-order valence-electron chi connectivity index (χ1n) is 8.48. The van der Waals surface area contributed by atoms with Crippen molar-refractivity contribution in [1.82, 2.24) is 15.1 Å². The molecule has 1 aliphatic rings. The van der Waals surface area contributed by atoms with Gasteiger partial charge in [0.1, 0.15) is 5.75 Å². The second-order valence-electron chi connectivity index (χ2n) is 6.66. The molecule has 1 aromatic heterocycles. The summed E-state index contributed by atoms with van der Waals surface area (Å²) in [6.07, 6.45) is 3.78. The molecule has 1 saturated heterocycles. The number of ether oxygens (including phenoxy) is 1. The van der Waals surface area contributed by atoms with E-state index in [1.807, 2.05) is 32.0 Å². The number of H-pyrrole nitrogens is 1. The van der Waals surface area contributed by atoms with Crippen LogP contribution in [-0.4, -0.2) is 41.1 Å². The van der Waals surface area contributed by atoms with Gasteiger partial charge in [0.25, 0.3) is 0 Å². The lowest BCUT2D eigenvalue weighted by Crippen LogP contribution is -2.38. The Kier molecular flexibility index (Phi) is 5.00. The number of benzene rings is 1. The molecule has 0 bridgehead atoms. The van der Waals surface area contributed by atoms with Gasteiger partial charge in [-0.3, -0.25) is 14.8 Å². The van der Waals surface area contributed by atoms with E-state index in [-0.39, 0.29) is 11.7 Å². The van der Waals surface area contributed by atoms with Gasteiger partial charge in [-0.2, -0.15) is 5.10 Å². The van der Waals surface area contributed by atoms with Gasteiger partial charge in [-0.05, 0) is 62.6 Å². The number of carbonyl (C=O) groups excluding carboxylic acids is 1. The highest BCUT2D eigenvalue weighted by Crippen LogP contribution is 2.28. The Labute approximate surface area is 143 Å². The maximum atomic E-state index is 13.0. The molecule has 2 heterocycles. The Hall–Kier alpha value is -2.14. The van der Waals surface area contributed by atoms with E-state index in [0.717, 1.165) is 60.6 Å². The molecular weight excluding hydrogens is 302 g/mol. The summed E-state index contributed by atoms with van der Waals surface area (Å²) < 4.78 is 5.40. The number of aryl methyl sites for hydroxylation is 2. The zero-order chi connectivity index (χ0) is 17.1. The van der Waals surface area contributed by atoms with E-state index in [9.17, 15) is 4.79 Å². The van der Waals surface area contributed by atoms with Crippen LogP contribution in [-0.2, 0) is 6.54 Å². The molecule has 1 atom stereocenters. The number of methoxy groups -OCH3 is 1. The lowest BCUT2D eigenvalue weighted by molar-refractivity contribution is 0.0810. The van der Waals surface area contributed by atoms with Crippen molar-refractivity contribution in [2.45, 2.75) is 33.2 Å². The fourth-order valence-electron chi connectivity index (χ4n) is 3.68. The Morgan fingerprint density at radius 1 is 1.38 bits per heavy atom. The summed E-state index contributed by atoms with van der Waals surface area (Å²) >= 11 is 0. The number of carbonyl (C=O) groups is 1. The van der Waals surface area contributed by atoms with Crippen molar-refractivity contribution in [2.24, 2.45) is 5.92 Å². The largest absolute Gasteiger partial charge is 0.496 e. The van der Waals surface area contributed by atoms with Crippen LogP contribution >= 0.6 is 0 Å². The highest BCUT2D eigenvalue weighted by molar-refractivity contribution is 5.98. The highest BCUT2D eigenvalue weighted by atomic mass is 16.5. The standard InChI is InChI=1S/C19H25N3O2/c1-13-9-16(10-14(2)19(13)24-3)18(23)15-5-4-8-22(11-15)12-17-6-7-20-21-17/h6-7,9-10,15H,4-5,8,11-12H2,1-3H3,(H,20,21)/t15-/m1/s1. The van der Waals surface area contributed by atoms with E-state index in [2.05, 4.69) is 15.1 Å². The van der Waals surface area contributed by atoms with Gasteiger partial charge in [0, 0.05) is 36.5 Å². The summed E-state index contributed by atoms with van der Waals surface area (Å²) in [5, 5.41) is 6.99. The summed E-state index contributed by atoms with van der Waals surface area (Å²) in [7, 11) is 1.67. The third kappa shape index (κ3) is 3.51. The molecule has 1 aromatic carbocycles. The molecule has 2 aromatic rings. The molecule has 0 saturated carbocycles. The Bertz CT molecular complexity index is 686. The van der Waals surface area contributed by atoms with Crippen molar-refractivity contribution < 1.29 is 9.53 Å². The highest BCUT2D eigenvalue weighted by Gasteiger charge is 2.27. The normalized spacial score (nSPS) is 18.5. The summed E-state index contributed by atoms with van der Waals surface area (Å²) in [4.78, 5) is 15.3. The van der Waals surface area contributed by atoms with Gasteiger partial charge >= 0.3 is 0 Å². The summed E-state index contributed by atoms with van der Waals surface area (Å²) in [6, 6.07) is 5.91. The first kappa shape index (κ1) is 16.7. The van der Waals surface area contributed by atoms with Gasteiger partial charge in [0.2, 0.25) is 0 Å². The zero-order valence-corrected chi connectivity index (χ0v) is 14.6.